The first-order valence-electron chi connectivity index (χ1n) is 5.77. The van der Waals surface area contributed by atoms with E-state index in [4.69, 9.17) is 4.74 Å². The van der Waals surface area contributed by atoms with Crippen LogP contribution in [0.2, 0.25) is 0 Å². The quantitative estimate of drug-likeness (QED) is 0.477. The summed E-state index contributed by atoms with van der Waals surface area (Å²) < 4.78 is 31.9. The lowest BCUT2D eigenvalue weighted by Gasteiger charge is -2.06. The summed E-state index contributed by atoms with van der Waals surface area (Å²) in [4.78, 5) is 12.2. The number of fused-ring (bicyclic) bond motifs is 1. The van der Waals surface area contributed by atoms with Crippen LogP contribution in [0.4, 0.5) is 0 Å². The van der Waals surface area contributed by atoms with Crippen molar-refractivity contribution >= 4 is 43.8 Å². The number of ether oxygens (including phenoxy) is 1. The van der Waals surface area contributed by atoms with Crippen molar-refractivity contribution in [3.63, 3.8) is 0 Å². The molecule has 0 fully saturated rings. The van der Waals surface area contributed by atoms with Gasteiger partial charge in [0.2, 0.25) is 0 Å². The van der Waals surface area contributed by atoms with E-state index in [0.717, 1.165) is 3.97 Å². The van der Waals surface area contributed by atoms with Crippen LogP contribution in [-0.4, -0.2) is 34.5 Å². The van der Waals surface area contributed by atoms with Crippen molar-refractivity contribution < 1.29 is 13.2 Å². The Morgan fingerprint density at radius 1 is 1.14 bits per heavy atom. The first-order valence-corrected chi connectivity index (χ1v) is 8.29. The number of methoxy groups -OCH3 is 1. The van der Waals surface area contributed by atoms with Crippen LogP contribution >= 0.6 is 22.6 Å². The Balaban J connectivity index is 2.18. The average molecular weight is 416 g/mol. The molecule has 7 nitrogen and oxygen atoms in total. The third-order valence-electron chi connectivity index (χ3n) is 2.88. The second kappa shape index (κ2) is 5.22. The summed E-state index contributed by atoms with van der Waals surface area (Å²) in [5.41, 5.74) is 0.709. The van der Waals surface area contributed by atoms with Crippen molar-refractivity contribution in [1.82, 2.24) is 18.9 Å². The molecular formula is C12H9IN4O3S. The van der Waals surface area contributed by atoms with Crippen LogP contribution in [0.25, 0.3) is 11.2 Å². The summed E-state index contributed by atoms with van der Waals surface area (Å²) in [5, 5.41) is 0. The number of hydrogen-bond donors (Lipinski definition) is 0. The molecule has 3 rings (SSSR count). The molecule has 1 aromatic carbocycles. The Morgan fingerprint density at radius 2 is 1.86 bits per heavy atom. The normalized spacial score (nSPS) is 11.7. The van der Waals surface area contributed by atoms with E-state index in [1.807, 2.05) is 22.6 Å². The van der Waals surface area contributed by atoms with Gasteiger partial charge in [0, 0.05) is 0 Å². The number of halogens is 1. The van der Waals surface area contributed by atoms with Gasteiger partial charge in [-0.3, -0.25) is 0 Å². The molecule has 0 aliphatic rings. The average Bonchev–Trinajstić information content (AvgIpc) is 2.93. The number of rotatable bonds is 3. The van der Waals surface area contributed by atoms with Gasteiger partial charge in [-0.05, 0) is 46.9 Å². The van der Waals surface area contributed by atoms with E-state index in [1.54, 1.807) is 12.1 Å². The molecule has 0 bridgehead atoms. The van der Waals surface area contributed by atoms with Crippen molar-refractivity contribution in [3.8, 4) is 5.75 Å². The maximum atomic E-state index is 12.6. The van der Waals surface area contributed by atoms with Crippen LogP contribution in [0.1, 0.15) is 0 Å². The number of aromatic nitrogens is 4. The van der Waals surface area contributed by atoms with Gasteiger partial charge in [-0.1, -0.05) is 0 Å². The molecule has 21 heavy (non-hydrogen) atoms. The first kappa shape index (κ1) is 14.2. The minimum Gasteiger partial charge on any atom is -0.497 e. The predicted octanol–water partition coefficient (Wildman–Crippen LogP) is 1.68. The lowest BCUT2D eigenvalue weighted by atomic mass is 10.3. The fourth-order valence-corrected chi connectivity index (χ4v) is 3.57. The molecule has 0 unspecified atom stereocenters. The van der Waals surface area contributed by atoms with Gasteiger partial charge in [0.1, 0.15) is 27.6 Å². The molecule has 2 aromatic heterocycles. The van der Waals surface area contributed by atoms with Crippen LogP contribution in [0, 0.1) is 3.70 Å². The molecular weight excluding hydrogens is 407 g/mol. The Bertz CT molecular complexity index is 906. The highest BCUT2D eigenvalue weighted by Crippen LogP contribution is 2.22. The van der Waals surface area contributed by atoms with Crippen molar-refractivity contribution in [3.05, 3.63) is 40.6 Å². The lowest BCUT2D eigenvalue weighted by Crippen LogP contribution is -2.12. The number of hydrogen-bond acceptors (Lipinski definition) is 6. The highest BCUT2D eigenvalue weighted by Gasteiger charge is 2.21. The van der Waals surface area contributed by atoms with Crippen molar-refractivity contribution in [1.29, 1.82) is 0 Å². The second-order valence-electron chi connectivity index (χ2n) is 4.06. The Hall–Kier alpha value is -1.75. The fraction of sp³-hybridized carbons (Fsp3) is 0.0833. The van der Waals surface area contributed by atoms with Gasteiger partial charge in [0.05, 0.1) is 12.0 Å². The molecule has 0 saturated heterocycles. The molecule has 3 aromatic rings. The molecule has 0 N–H and O–H groups in total. The molecule has 0 radical (unpaired) electrons. The summed E-state index contributed by atoms with van der Waals surface area (Å²) in [6, 6.07) is 6.13. The van der Waals surface area contributed by atoms with E-state index >= 15 is 0 Å². The maximum absolute atomic E-state index is 12.6. The smallest absolute Gasteiger partial charge is 0.270 e. The van der Waals surface area contributed by atoms with E-state index in [-0.39, 0.29) is 10.5 Å². The highest BCUT2D eigenvalue weighted by atomic mass is 127. The monoisotopic (exact) mass is 416 g/mol. The molecule has 9 heteroatoms. The van der Waals surface area contributed by atoms with Gasteiger partial charge in [-0.2, -0.15) is 0 Å². The van der Waals surface area contributed by atoms with Gasteiger partial charge >= 0.3 is 0 Å². The first-order chi connectivity index (χ1) is 10.0. The molecule has 0 atom stereocenters. The van der Waals surface area contributed by atoms with E-state index < -0.39 is 10.0 Å². The van der Waals surface area contributed by atoms with Crippen LogP contribution in [0.3, 0.4) is 0 Å². The Labute approximate surface area is 134 Å². The van der Waals surface area contributed by atoms with E-state index in [0.29, 0.717) is 15.0 Å². The summed E-state index contributed by atoms with van der Waals surface area (Å²) in [6.07, 6.45) is 2.55. The van der Waals surface area contributed by atoms with E-state index in [1.165, 1.54) is 31.9 Å². The van der Waals surface area contributed by atoms with Crippen molar-refractivity contribution in [2.75, 3.05) is 7.11 Å². The summed E-state index contributed by atoms with van der Waals surface area (Å²) >= 11 is 1.99. The SMILES string of the molecule is COc1ccc(S(=O)(=O)n2cnc3c(I)ncnc32)cc1. The van der Waals surface area contributed by atoms with Gasteiger partial charge in [0.15, 0.2) is 5.65 Å². The van der Waals surface area contributed by atoms with Gasteiger partial charge in [-0.25, -0.2) is 27.3 Å². The highest BCUT2D eigenvalue weighted by molar-refractivity contribution is 14.1. The molecule has 0 spiro atoms. The number of nitrogens with zero attached hydrogens (tertiary/aromatic N) is 4. The minimum atomic E-state index is -3.76. The molecule has 2 heterocycles. The Morgan fingerprint density at radius 3 is 2.52 bits per heavy atom. The zero-order valence-corrected chi connectivity index (χ0v) is 13.7. The molecule has 108 valence electrons. The Kier molecular flexibility index (Phi) is 3.53. The second-order valence-corrected chi connectivity index (χ2v) is 6.89. The van der Waals surface area contributed by atoms with Gasteiger partial charge in [0.25, 0.3) is 10.0 Å². The van der Waals surface area contributed by atoms with Crippen molar-refractivity contribution in [2.45, 2.75) is 4.90 Å². The minimum absolute atomic E-state index is 0.135. The fourth-order valence-electron chi connectivity index (χ4n) is 1.82. The molecule has 0 amide bonds. The van der Waals surface area contributed by atoms with Gasteiger partial charge < -0.3 is 4.74 Å². The van der Waals surface area contributed by atoms with E-state index in [9.17, 15) is 8.42 Å². The van der Waals surface area contributed by atoms with Crippen LogP contribution in [-0.2, 0) is 10.0 Å². The molecule has 0 aliphatic carbocycles. The van der Waals surface area contributed by atoms with E-state index in [2.05, 4.69) is 15.0 Å². The van der Waals surface area contributed by atoms with Crippen LogP contribution in [0.15, 0.2) is 41.8 Å². The summed E-state index contributed by atoms with van der Waals surface area (Å²) in [7, 11) is -2.24. The number of benzene rings is 1. The van der Waals surface area contributed by atoms with Crippen LogP contribution < -0.4 is 4.74 Å². The number of imidazole rings is 1. The van der Waals surface area contributed by atoms with Crippen molar-refractivity contribution in [2.24, 2.45) is 0 Å². The topological polar surface area (TPSA) is 87.0 Å². The third-order valence-corrected chi connectivity index (χ3v) is 5.32. The van der Waals surface area contributed by atoms with Gasteiger partial charge in [-0.15, -0.1) is 0 Å². The maximum Gasteiger partial charge on any atom is 0.270 e. The molecule has 0 saturated carbocycles. The standard InChI is InChI=1S/C12H9IN4O3S/c1-20-8-2-4-9(5-3-8)21(18,19)17-7-16-10-11(13)14-6-15-12(10)17/h2-7H,1H3. The lowest BCUT2D eigenvalue weighted by molar-refractivity contribution is 0.414. The summed E-state index contributed by atoms with van der Waals surface area (Å²) in [5.74, 6) is 0.585. The van der Waals surface area contributed by atoms with Crippen LogP contribution in [0.5, 0.6) is 5.75 Å². The zero-order valence-electron chi connectivity index (χ0n) is 10.8. The summed E-state index contributed by atoms with van der Waals surface area (Å²) in [6.45, 7) is 0. The third kappa shape index (κ3) is 2.35. The zero-order chi connectivity index (χ0) is 15.0. The largest absolute Gasteiger partial charge is 0.497 e. The molecule has 0 aliphatic heterocycles. The predicted molar refractivity (Wildman–Crippen MR) is 83.6 cm³/mol.